The summed E-state index contributed by atoms with van der Waals surface area (Å²) < 4.78 is 41.6. The molecule has 1 aliphatic heterocycles. The molecule has 0 radical (unpaired) electrons. The van der Waals surface area contributed by atoms with Crippen LogP contribution in [0.1, 0.15) is 12.8 Å². The monoisotopic (exact) mass is 252 g/mol. The third-order valence-corrected chi connectivity index (χ3v) is 8.83. The van der Waals surface area contributed by atoms with Crippen LogP contribution < -0.4 is 0 Å². The number of hydrogen-bond acceptors (Lipinski definition) is 4. The quantitative estimate of drug-likeness (QED) is 0.508. The van der Waals surface area contributed by atoms with Crippen molar-refractivity contribution >= 4 is 41.2 Å². The lowest BCUT2D eigenvalue weighted by molar-refractivity contribution is 0.581. The molecular weight excluding hydrogens is 247 g/mol. The van der Waals surface area contributed by atoms with Gasteiger partial charge in [-0.2, -0.15) is 0 Å². The Morgan fingerprint density at radius 1 is 1.33 bits per heavy atom. The van der Waals surface area contributed by atoms with Crippen LogP contribution in [0, 0.1) is 0 Å². The summed E-state index contributed by atoms with van der Waals surface area (Å²) in [6.45, 7) is 0. The van der Waals surface area contributed by atoms with Gasteiger partial charge in [0.1, 0.15) is 0 Å². The first kappa shape index (κ1) is 10.6. The molecule has 12 heavy (non-hydrogen) atoms. The molecule has 0 saturated carbocycles. The van der Waals surface area contributed by atoms with E-state index >= 15 is 0 Å². The summed E-state index contributed by atoms with van der Waals surface area (Å²) in [6, 6.07) is 0. The first-order chi connectivity index (χ1) is 5.21. The predicted molar refractivity (Wildman–Crippen MR) is 46.4 cm³/mol. The van der Waals surface area contributed by atoms with Crippen LogP contribution in [-0.4, -0.2) is 26.1 Å². The molecule has 0 amide bonds. The van der Waals surface area contributed by atoms with Gasteiger partial charge in [-0.15, -0.1) is 0 Å². The van der Waals surface area contributed by atoms with Gasteiger partial charge < -0.3 is 0 Å². The minimum atomic E-state index is -4.26. The first-order valence-electron chi connectivity index (χ1n) is 3.06. The molecule has 0 bridgehead atoms. The van der Waals surface area contributed by atoms with E-state index in [9.17, 15) is 16.8 Å². The number of halogens is 2. The van der Waals surface area contributed by atoms with E-state index in [1.807, 2.05) is 0 Å². The summed E-state index contributed by atoms with van der Waals surface area (Å²) in [7, 11) is -3.13. The predicted octanol–water partition coefficient (Wildman–Crippen LogP) is 0.656. The molecule has 1 unspecified atom stereocenters. The van der Waals surface area contributed by atoms with Gasteiger partial charge >= 0.3 is 0 Å². The molecule has 8 heteroatoms. The van der Waals surface area contributed by atoms with Crippen LogP contribution in [0.25, 0.3) is 0 Å². The number of alkyl halides is 1. The molecule has 0 aromatic heterocycles. The van der Waals surface area contributed by atoms with Crippen LogP contribution in [0.5, 0.6) is 0 Å². The Labute approximate surface area is 80.2 Å². The van der Waals surface area contributed by atoms with E-state index in [2.05, 4.69) is 0 Å². The average Bonchev–Trinajstić information content (AvgIpc) is 2.07. The number of rotatable bonds is 1. The third-order valence-electron chi connectivity index (χ3n) is 1.72. The van der Waals surface area contributed by atoms with Gasteiger partial charge in [0.2, 0.25) is 0 Å². The van der Waals surface area contributed by atoms with Crippen molar-refractivity contribution in [2.45, 2.75) is 16.4 Å². The fourth-order valence-corrected chi connectivity index (χ4v) is 5.65. The average molecular weight is 253 g/mol. The normalized spacial score (nSPS) is 35.2. The molecule has 4 nitrogen and oxygen atoms in total. The minimum Gasteiger partial charge on any atom is -0.226 e. The van der Waals surface area contributed by atoms with Crippen molar-refractivity contribution in [3.8, 4) is 0 Å². The van der Waals surface area contributed by atoms with Crippen molar-refractivity contribution in [1.29, 1.82) is 0 Å². The van der Waals surface area contributed by atoms with Gasteiger partial charge in [-0.1, -0.05) is 11.6 Å². The Bertz CT molecular complexity index is 383. The van der Waals surface area contributed by atoms with E-state index in [0.717, 1.165) is 0 Å². The summed E-state index contributed by atoms with van der Waals surface area (Å²) in [4.78, 5) is 0. The third kappa shape index (κ3) is 1.34. The zero-order chi connectivity index (χ0) is 9.62. The molecule has 1 aliphatic rings. The van der Waals surface area contributed by atoms with Crippen molar-refractivity contribution in [1.82, 2.24) is 0 Å². The van der Waals surface area contributed by atoms with Crippen molar-refractivity contribution in [2.75, 3.05) is 5.75 Å². The van der Waals surface area contributed by atoms with Gasteiger partial charge in [0.15, 0.2) is 9.84 Å². The highest BCUT2D eigenvalue weighted by Gasteiger charge is 2.56. The highest BCUT2D eigenvalue weighted by atomic mass is 35.7. The fourth-order valence-electron chi connectivity index (χ4n) is 1.05. The van der Waals surface area contributed by atoms with E-state index in [4.69, 9.17) is 22.3 Å². The largest absolute Gasteiger partial charge is 0.267 e. The van der Waals surface area contributed by atoms with Gasteiger partial charge in [0, 0.05) is 10.7 Å². The van der Waals surface area contributed by atoms with E-state index in [-0.39, 0.29) is 18.6 Å². The number of hydrogen-bond donors (Lipinski definition) is 0. The zero-order valence-corrected chi connectivity index (χ0v) is 8.97. The highest BCUT2D eigenvalue weighted by Crippen LogP contribution is 2.42. The Balaban J connectivity index is 3.36. The second-order valence-corrected chi connectivity index (χ2v) is 9.00. The minimum absolute atomic E-state index is 0.136. The molecule has 1 saturated heterocycles. The van der Waals surface area contributed by atoms with E-state index < -0.39 is 22.4 Å². The molecule has 0 spiro atoms. The molecule has 1 atom stereocenters. The summed E-state index contributed by atoms with van der Waals surface area (Å²) in [5.74, 6) is -0.220. The summed E-state index contributed by atoms with van der Waals surface area (Å²) in [5.41, 5.74) is 0. The molecule has 72 valence electrons. The Morgan fingerprint density at radius 2 is 1.83 bits per heavy atom. The molecule has 1 heterocycles. The molecule has 0 aromatic carbocycles. The fraction of sp³-hybridized carbons (Fsp3) is 1.00. The molecule has 0 N–H and O–H groups in total. The van der Waals surface area contributed by atoms with Gasteiger partial charge in [0.25, 0.3) is 12.6 Å². The second kappa shape index (κ2) is 2.73. The molecule has 0 aliphatic carbocycles. The van der Waals surface area contributed by atoms with Crippen molar-refractivity contribution in [3.63, 3.8) is 0 Å². The SMILES string of the molecule is O=S(=O)(Cl)C1(Cl)CCCS1(=O)=O. The molecule has 0 aromatic rings. The molecule has 1 fully saturated rings. The first-order valence-corrected chi connectivity index (χ1v) is 7.40. The van der Waals surface area contributed by atoms with Crippen molar-refractivity contribution < 1.29 is 16.8 Å². The Morgan fingerprint density at radius 3 is 2.00 bits per heavy atom. The van der Waals surface area contributed by atoms with Crippen LogP contribution in [-0.2, 0) is 18.9 Å². The topological polar surface area (TPSA) is 68.3 Å². The van der Waals surface area contributed by atoms with Crippen LogP contribution >= 0.6 is 22.3 Å². The van der Waals surface area contributed by atoms with E-state index in [1.54, 1.807) is 0 Å². The van der Waals surface area contributed by atoms with Crippen LogP contribution in [0.15, 0.2) is 0 Å². The van der Waals surface area contributed by atoms with Crippen LogP contribution in [0.3, 0.4) is 0 Å². The summed E-state index contributed by atoms with van der Waals surface area (Å²) in [5, 5.41) is 0. The standard InChI is InChI=1S/C4H6Cl2O4S2/c5-4(12(6,9)10)2-1-3-11(4,7)8/h1-3H2. The summed E-state index contributed by atoms with van der Waals surface area (Å²) in [6.07, 6.45) is 0.0977. The van der Waals surface area contributed by atoms with E-state index in [1.165, 1.54) is 0 Å². The van der Waals surface area contributed by atoms with Crippen molar-refractivity contribution in [3.05, 3.63) is 0 Å². The van der Waals surface area contributed by atoms with Gasteiger partial charge in [-0.3, -0.25) is 0 Å². The Hall–Kier alpha value is 0.480. The maximum absolute atomic E-state index is 11.1. The van der Waals surface area contributed by atoms with Gasteiger partial charge in [0.05, 0.1) is 5.75 Å². The lowest BCUT2D eigenvalue weighted by atomic mass is 10.4. The second-order valence-electron chi connectivity index (χ2n) is 2.52. The number of sulfone groups is 1. The maximum Gasteiger partial charge on any atom is 0.267 e. The highest BCUT2D eigenvalue weighted by molar-refractivity contribution is 8.24. The smallest absolute Gasteiger partial charge is 0.226 e. The van der Waals surface area contributed by atoms with Crippen LogP contribution in [0.4, 0.5) is 0 Å². The van der Waals surface area contributed by atoms with E-state index in [0.29, 0.717) is 0 Å². The van der Waals surface area contributed by atoms with Crippen molar-refractivity contribution in [2.24, 2.45) is 0 Å². The lowest BCUT2D eigenvalue weighted by Gasteiger charge is -2.14. The molecular formula is C4H6Cl2O4S2. The van der Waals surface area contributed by atoms with Gasteiger partial charge in [-0.25, -0.2) is 16.8 Å². The molecule has 1 rings (SSSR count). The maximum atomic E-state index is 11.1. The lowest BCUT2D eigenvalue weighted by Crippen LogP contribution is -2.34. The summed E-state index contributed by atoms with van der Waals surface area (Å²) >= 11 is 5.43. The van der Waals surface area contributed by atoms with Crippen LogP contribution in [0.2, 0.25) is 0 Å². The Kier molecular flexibility index (Phi) is 2.40. The zero-order valence-electron chi connectivity index (χ0n) is 5.83. The van der Waals surface area contributed by atoms with Gasteiger partial charge in [-0.05, 0) is 12.8 Å².